The predicted molar refractivity (Wildman–Crippen MR) is 66.6 cm³/mol. The van der Waals surface area contributed by atoms with Crippen molar-refractivity contribution in [3.63, 3.8) is 0 Å². The van der Waals surface area contributed by atoms with Crippen LogP contribution in [0.2, 0.25) is 0 Å². The molecule has 1 aromatic rings. The first-order valence-corrected chi connectivity index (χ1v) is 6.11. The van der Waals surface area contributed by atoms with Gasteiger partial charge < -0.3 is 14.8 Å². The van der Waals surface area contributed by atoms with Crippen LogP contribution in [0.15, 0.2) is 12.3 Å². The Morgan fingerprint density at radius 1 is 1.41 bits per heavy atom. The molecule has 1 N–H and O–H groups in total. The highest BCUT2D eigenvalue weighted by molar-refractivity contribution is 5.35. The van der Waals surface area contributed by atoms with Crippen molar-refractivity contribution in [3.8, 4) is 11.6 Å². The summed E-state index contributed by atoms with van der Waals surface area (Å²) in [5.41, 5.74) is 1.19. The quantitative estimate of drug-likeness (QED) is 0.863. The van der Waals surface area contributed by atoms with E-state index in [9.17, 15) is 0 Å². The summed E-state index contributed by atoms with van der Waals surface area (Å²) in [6.45, 7) is 2.24. The molecule has 0 radical (unpaired) electrons. The van der Waals surface area contributed by atoms with Gasteiger partial charge in [-0.05, 0) is 38.3 Å². The molecule has 4 heteroatoms. The Morgan fingerprint density at radius 2 is 2.29 bits per heavy atom. The summed E-state index contributed by atoms with van der Waals surface area (Å²) in [5, 5.41) is 3.43. The smallest absolute Gasteiger partial charge is 0.213 e. The zero-order chi connectivity index (χ0) is 12.1. The van der Waals surface area contributed by atoms with Gasteiger partial charge in [-0.2, -0.15) is 0 Å². The standard InChI is InChI=1S/C13H20N2O2/c1-16-12-9-15-13(17-2)7-11(12)6-10-4-3-5-14-8-10/h7,9-10,14H,3-6,8H2,1-2H3. The Morgan fingerprint density at radius 3 is 2.94 bits per heavy atom. The third-order valence-corrected chi connectivity index (χ3v) is 3.26. The number of piperidine rings is 1. The number of rotatable bonds is 4. The second-order valence-electron chi connectivity index (χ2n) is 4.46. The van der Waals surface area contributed by atoms with E-state index < -0.39 is 0 Å². The summed E-state index contributed by atoms with van der Waals surface area (Å²) >= 11 is 0. The van der Waals surface area contributed by atoms with E-state index >= 15 is 0 Å². The summed E-state index contributed by atoms with van der Waals surface area (Å²) in [5.74, 6) is 2.20. The van der Waals surface area contributed by atoms with E-state index in [-0.39, 0.29) is 0 Å². The highest BCUT2D eigenvalue weighted by Gasteiger charge is 2.16. The van der Waals surface area contributed by atoms with Gasteiger partial charge in [0, 0.05) is 11.6 Å². The fraction of sp³-hybridized carbons (Fsp3) is 0.615. The SMILES string of the molecule is COc1cc(CC2CCCNC2)c(OC)cn1. The summed E-state index contributed by atoms with van der Waals surface area (Å²) in [7, 11) is 3.33. The Kier molecular flexibility index (Phi) is 4.20. The lowest BCUT2D eigenvalue weighted by atomic mass is 9.92. The first-order chi connectivity index (χ1) is 8.33. The van der Waals surface area contributed by atoms with Crippen molar-refractivity contribution in [2.45, 2.75) is 19.3 Å². The van der Waals surface area contributed by atoms with Crippen LogP contribution in [0.25, 0.3) is 0 Å². The van der Waals surface area contributed by atoms with E-state index in [2.05, 4.69) is 10.3 Å². The summed E-state index contributed by atoms with van der Waals surface area (Å²) in [6, 6.07) is 1.98. The Labute approximate surface area is 102 Å². The van der Waals surface area contributed by atoms with Crippen LogP contribution >= 0.6 is 0 Å². The molecule has 94 valence electrons. The van der Waals surface area contributed by atoms with Gasteiger partial charge in [-0.25, -0.2) is 4.98 Å². The zero-order valence-corrected chi connectivity index (χ0v) is 10.5. The number of nitrogens with zero attached hydrogens (tertiary/aromatic N) is 1. The first-order valence-electron chi connectivity index (χ1n) is 6.11. The fourth-order valence-corrected chi connectivity index (χ4v) is 2.33. The van der Waals surface area contributed by atoms with Crippen LogP contribution in [0.1, 0.15) is 18.4 Å². The van der Waals surface area contributed by atoms with E-state index in [0.29, 0.717) is 11.8 Å². The van der Waals surface area contributed by atoms with Gasteiger partial charge in [-0.1, -0.05) is 0 Å². The molecule has 1 aromatic heterocycles. The Bertz CT molecular complexity index is 362. The van der Waals surface area contributed by atoms with Crippen LogP contribution in [0.5, 0.6) is 11.6 Å². The monoisotopic (exact) mass is 236 g/mol. The Balaban J connectivity index is 2.11. The average molecular weight is 236 g/mol. The summed E-state index contributed by atoms with van der Waals surface area (Å²) in [6.07, 6.45) is 5.30. The molecule has 17 heavy (non-hydrogen) atoms. The lowest BCUT2D eigenvalue weighted by molar-refractivity contribution is 0.358. The van der Waals surface area contributed by atoms with Gasteiger partial charge in [0.15, 0.2) is 0 Å². The molecule has 2 rings (SSSR count). The van der Waals surface area contributed by atoms with Gasteiger partial charge in [-0.3, -0.25) is 0 Å². The number of hydrogen-bond donors (Lipinski definition) is 1. The molecule has 0 aromatic carbocycles. The molecule has 0 aliphatic carbocycles. The summed E-state index contributed by atoms with van der Waals surface area (Å²) in [4.78, 5) is 4.16. The van der Waals surface area contributed by atoms with Crippen molar-refractivity contribution in [3.05, 3.63) is 17.8 Å². The highest BCUT2D eigenvalue weighted by Crippen LogP contribution is 2.26. The van der Waals surface area contributed by atoms with Crippen LogP contribution < -0.4 is 14.8 Å². The van der Waals surface area contributed by atoms with Crippen molar-refractivity contribution in [2.75, 3.05) is 27.3 Å². The third-order valence-electron chi connectivity index (χ3n) is 3.26. The molecule has 1 aliphatic heterocycles. The van der Waals surface area contributed by atoms with Crippen molar-refractivity contribution in [1.29, 1.82) is 0 Å². The van der Waals surface area contributed by atoms with Gasteiger partial charge >= 0.3 is 0 Å². The molecular formula is C13H20N2O2. The number of aromatic nitrogens is 1. The van der Waals surface area contributed by atoms with Crippen LogP contribution in [-0.2, 0) is 6.42 Å². The van der Waals surface area contributed by atoms with Gasteiger partial charge in [0.2, 0.25) is 5.88 Å². The molecule has 1 saturated heterocycles. The molecule has 1 unspecified atom stereocenters. The van der Waals surface area contributed by atoms with E-state index in [4.69, 9.17) is 9.47 Å². The zero-order valence-electron chi connectivity index (χ0n) is 10.5. The van der Waals surface area contributed by atoms with Crippen LogP contribution in [0.4, 0.5) is 0 Å². The minimum atomic E-state index is 0.657. The molecular weight excluding hydrogens is 216 g/mol. The van der Waals surface area contributed by atoms with Gasteiger partial charge in [0.25, 0.3) is 0 Å². The van der Waals surface area contributed by atoms with Crippen LogP contribution in [0, 0.1) is 5.92 Å². The predicted octanol–water partition coefficient (Wildman–Crippen LogP) is 1.64. The first kappa shape index (κ1) is 12.2. The molecule has 0 amide bonds. The second-order valence-corrected chi connectivity index (χ2v) is 4.46. The molecule has 0 saturated carbocycles. The number of nitrogens with one attached hydrogen (secondary N) is 1. The maximum Gasteiger partial charge on any atom is 0.213 e. The van der Waals surface area contributed by atoms with Gasteiger partial charge in [0.1, 0.15) is 5.75 Å². The molecule has 2 heterocycles. The maximum absolute atomic E-state index is 5.35. The molecule has 1 aliphatic rings. The van der Waals surface area contributed by atoms with E-state index in [1.807, 2.05) is 6.07 Å². The molecule has 1 fully saturated rings. The minimum Gasteiger partial charge on any atom is -0.495 e. The lowest BCUT2D eigenvalue weighted by Crippen LogP contribution is -2.30. The number of pyridine rings is 1. The Hall–Kier alpha value is -1.29. The molecule has 0 spiro atoms. The molecule has 1 atom stereocenters. The van der Waals surface area contributed by atoms with Crippen molar-refractivity contribution in [1.82, 2.24) is 10.3 Å². The second kappa shape index (κ2) is 5.87. The largest absolute Gasteiger partial charge is 0.495 e. The maximum atomic E-state index is 5.35. The summed E-state index contributed by atoms with van der Waals surface area (Å²) < 4.78 is 10.5. The fourth-order valence-electron chi connectivity index (χ4n) is 2.33. The van der Waals surface area contributed by atoms with Crippen LogP contribution in [0.3, 0.4) is 0 Å². The van der Waals surface area contributed by atoms with E-state index in [0.717, 1.165) is 25.3 Å². The van der Waals surface area contributed by atoms with Crippen molar-refractivity contribution < 1.29 is 9.47 Å². The average Bonchev–Trinajstić information content (AvgIpc) is 2.40. The lowest BCUT2D eigenvalue weighted by Gasteiger charge is -2.23. The third kappa shape index (κ3) is 3.09. The normalized spacial score (nSPS) is 20.0. The molecule has 4 nitrogen and oxygen atoms in total. The minimum absolute atomic E-state index is 0.657. The van der Waals surface area contributed by atoms with E-state index in [1.54, 1.807) is 20.4 Å². The number of hydrogen-bond acceptors (Lipinski definition) is 4. The topological polar surface area (TPSA) is 43.4 Å². The number of ether oxygens (including phenoxy) is 2. The molecule has 0 bridgehead atoms. The van der Waals surface area contributed by atoms with Gasteiger partial charge in [0.05, 0.1) is 20.4 Å². The van der Waals surface area contributed by atoms with Crippen molar-refractivity contribution in [2.24, 2.45) is 5.92 Å². The highest BCUT2D eigenvalue weighted by atomic mass is 16.5. The van der Waals surface area contributed by atoms with Gasteiger partial charge in [-0.15, -0.1) is 0 Å². The van der Waals surface area contributed by atoms with Crippen molar-refractivity contribution >= 4 is 0 Å². The van der Waals surface area contributed by atoms with Crippen LogP contribution in [-0.4, -0.2) is 32.3 Å². The van der Waals surface area contributed by atoms with E-state index in [1.165, 1.54) is 18.4 Å². The number of methoxy groups -OCH3 is 2.